The number of anilines is 2. The first kappa shape index (κ1) is 15.7. The van der Waals surface area contributed by atoms with Crippen molar-refractivity contribution in [1.29, 1.82) is 0 Å². The van der Waals surface area contributed by atoms with Gasteiger partial charge in [-0.3, -0.25) is 0 Å². The standard InChI is InChI=1S/C14H27N5/c1-6-19(7-2)9-8-16-13-10-12(15-5)17-14(18-13)11(3)4/h10-11H,6-9H2,1-5H3,(H2,15,16,17,18). The van der Waals surface area contributed by atoms with Crippen molar-refractivity contribution in [3.05, 3.63) is 11.9 Å². The zero-order chi connectivity index (χ0) is 14.3. The second kappa shape index (κ2) is 7.94. The topological polar surface area (TPSA) is 53.1 Å². The SMILES string of the molecule is CCN(CC)CCNc1cc(NC)nc(C(C)C)n1. The summed E-state index contributed by atoms with van der Waals surface area (Å²) in [5.74, 6) is 2.97. The minimum absolute atomic E-state index is 0.330. The molecular weight excluding hydrogens is 238 g/mol. The van der Waals surface area contributed by atoms with Crippen molar-refractivity contribution in [2.24, 2.45) is 0 Å². The molecule has 2 N–H and O–H groups in total. The molecule has 0 unspecified atom stereocenters. The minimum Gasteiger partial charge on any atom is -0.373 e. The highest BCUT2D eigenvalue weighted by molar-refractivity contribution is 5.47. The van der Waals surface area contributed by atoms with Gasteiger partial charge in [-0.1, -0.05) is 27.7 Å². The van der Waals surface area contributed by atoms with Crippen LogP contribution in [0.25, 0.3) is 0 Å². The highest BCUT2D eigenvalue weighted by Gasteiger charge is 2.07. The van der Waals surface area contributed by atoms with Crippen molar-refractivity contribution >= 4 is 11.6 Å². The predicted molar refractivity (Wildman–Crippen MR) is 81.9 cm³/mol. The summed E-state index contributed by atoms with van der Waals surface area (Å²) in [6.45, 7) is 12.7. The van der Waals surface area contributed by atoms with Gasteiger partial charge in [0.1, 0.15) is 17.5 Å². The van der Waals surface area contributed by atoms with E-state index >= 15 is 0 Å². The van der Waals surface area contributed by atoms with Crippen LogP contribution in [0.3, 0.4) is 0 Å². The first-order valence-electron chi connectivity index (χ1n) is 7.13. The summed E-state index contributed by atoms with van der Waals surface area (Å²) in [5.41, 5.74) is 0. The molecule has 1 aromatic rings. The summed E-state index contributed by atoms with van der Waals surface area (Å²) in [5, 5.41) is 6.46. The van der Waals surface area contributed by atoms with E-state index in [1.165, 1.54) is 0 Å². The van der Waals surface area contributed by atoms with E-state index in [1.54, 1.807) is 0 Å². The van der Waals surface area contributed by atoms with E-state index in [0.717, 1.165) is 43.6 Å². The first-order chi connectivity index (χ1) is 9.10. The molecule has 0 bridgehead atoms. The molecule has 1 aromatic heterocycles. The third-order valence-electron chi connectivity index (χ3n) is 3.14. The quantitative estimate of drug-likeness (QED) is 0.756. The van der Waals surface area contributed by atoms with E-state index in [4.69, 9.17) is 0 Å². The van der Waals surface area contributed by atoms with Crippen LogP contribution < -0.4 is 10.6 Å². The van der Waals surface area contributed by atoms with Crippen LogP contribution in [0.4, 0.5) is 11.6 Å². The van der Waals surface area contributed by atoms with Gasteiger partial charge in [-0.2, -0.15) is 0 Å². The fourth-order valence-corrected chi connectivity index (χ4v) is 1.82. The smallest absolute Gasteiger partial charge is 0.135 e. The number of nitrogens with one attached hydrogen (secondary N) is 2. The number of hydrogen-bond acceptors (Lipinski definition) is 5. The van der Waals surface area contributed by atoms with Crippen LogP contribution in [-0.2, 0) is 0 Å². The average Bonchev–Trinajstić information content (AvgIpc) is 2.43. The summed E-state index contributed by atoms with van der Waals surface area (Å²) < 4.78 is 0. The molecule has 0 amide bonds. The maximum atomic E-state index is 4.55. The summed E-state index contributed by atoms with van der Waals surface area (Å²) in [4.78, 5) is 11.4. The maximum Gasteiger partial charge on any atom is 0.135 e. The van der Waals surface area contributed by atoms with Gasteiger partial charge in [-0.15, -0.1) is 0 Å². The Morgan fingerprint density at radius 1 is 1.16 bits per heavy atom. The molecule has 5 nitrogen and oxygen atoms in total. The van der Waals surface area contributed by atoms with Crippen molar-refractivity contribution in [3.8, 4) is 0 Å². The number of aromatic nitrogens is 2. The van der Waals surface area contributed by atoms with Crippen molar-refractivity contribution in [2.75, 3.05) is 43.9 Å². The molecule has 0 saturated heterocycles. The van der Waals surface area contributed by atoms with E-state index in [1.807, 2.05) is 13.1 Å². The molecule has 0 aliphatic rings. The van der Waals surface area contributed by atoms with E-state index in [2.05, 4.69) is 53.2 Å². The van der Waals surface area contributed by atoms with Gasteiger partial charge < -0.3 is 15.5 Å². The van der Waals surface area contributed by atoms with Gasteiger partial charge >= 0.3 is 0 Å². The molecule has 0 aliphatic carbocycles. The zero-order valence-electron chi connectivity index (χ0n) is 12.8. The number of nitrogens with zero attached hydrogens (tertiary/aromatic N) is 3. The first-order valence-corrected chi connectivity index (χ1v) is 7.13. The lowest BCUT2D eigenvalue weighted by molar-refractivity contribution is 0.316. The fourth-order valence-electron chi connectivity index (χ4n) is 1.82. The summed E-state index contributed by atoms with van der Waals surface area (Å²) in [7, 11) is 1.88. The lowest BCUT2D eigenvalue weighted by Gasteiger charge is -2.18. The molecule has 0 radical (unpaired) electrons. The monoisotopic (exact) mass is 265 g/mol. The molecule has 0 aromatic carbocycles. The van der Waals surface area contributed by atoms with Crippen molar-refractivity contribution in [1.82, 2.24) is 14.9 Å². The Balaban J connectivity index is 2.64. The lowest BCUT2D eigenvalue weighted by Crippen LogP contribution is -2.28. The van der Waals surface area contributed by atoms with E-state index < -0.39 is 0 Å². The highest BCUT2D eigenvalue weighted by atomic mass is 15.1. The molecule has 5 heteroatoms. The largest absolute Gasteiger partial charge is 0.373 e. The van der Waals surface area contributed by atoms with E-state index in [9.17, 15) is 0 Å². The van der Waals surface area contributed by atoms with Crippen LogP contribution in [0.5, 0.6) is 0 Å². The molecule has 0 aliphatic heterocycles. The van der Waals surface area contributed by atoms with Crippen LogP contribution >= 0.6 is 0 Å². The van der Waals surface area contributed by atoms with Crippen molar-refractivity contribution < 1.29 is 0 Å². The molecule has 0 spiro atoms. The van der Waals surface area contributed by atoms with Gasteiger partial charge in [0.25, 0.3) is 0 Å². The zero-order valence-corrected chi connectivity index (χ0v) is 12.8. The number of likely N-dealkylation sites (N-methyl/N-ethyl adjacent to an activating group) is 1. The van der Waals surface area contributed by atoms with Crippen LogP contribution in [0.2, 0.25) is 0 Å². The van der Waals surface area contributed by atoms with E-state index in [-0.39, 0.29) is 0 Å². The van der Waals surface area contributed by atoms with Crippen LogP contribution in [0.1, 0.15) is 39.4 Å². The van der Waals surface area contributed by atoms with Crippen molar-refractivity contribution in [2.45, 2.75) is 33.6 Å². The molecule has 19 heavy (non-hydrogen) atoms. The number of rotatable bonds is 8. The lowest BCUT2D eigenvalue weighted by atomic mass is 10.2. The second-order valence-corrected chi connectivity index (χ2v) is 4.85. The maximum absolute atomic E-state index is 4.55. The highest BCUT2D eigenvalue weighted by Crippen LogP contribution is 2.16. The summed E-state index contributed by atoms with van der Waals surface area (Å²) in [6, 6.07) is 1.95. The normalized spacial score (nSPS) is 11.1. The third kappa shape index (κ3) is 5.03. The Morgan fingerprint density at radius 2 is 1.79 bits per heavy atom. The van der Waals surface area contributed by atoms with Gasteiger partial charge in [0, 0.05) is 32.1 Å². The molecule has 0 saturated carbocycles. The average molecular weight is 265 g/mol. The summed E-state index contributed by atoms with van der Waals surface area (Å²) >= 11 is 0. The van der Waals surface area contributed by atoms with Gasteiger partial charge in [-0.25, -0.2) is 9.97 Å². The van der Waals surface area contributed by atoms with Gasteiger partial charge in [0.15, 0.2) is 0 Å². The van der Waals surface area contributed by atoms with Crippen molar-refractivity contribution in [3.63, 3.8) is 0 Å². The molecule has 0 atom stereocenters. The molecule has 108 valence electrons. The van der Waals surface area contributed by atoms with Crippen LogP contribution in [0.15, 0.2) is 6.07 Å². The molecule has 1 rings (SSSR count). The minimum atomic E-state index is 0.330. The third-order valence-corrected chi connectivity index (χ3v) is 3.14. The molecular formula is C14H27N5. The van der Waals surface area contributed by atoms with Gasteiger partial charge in [0.05, 0.1) is 0 Å². The summed E-state index contributed by atoms with van der Waals surface area (Å²) in [6.07, 6.45) is 0. The van der Waals surface area contributed by atoms with Gasteiger partial charge in [-0.05, 0) is 13.1 Å². The Labute approximate surface area is 116 Å². The van der Waals surface area contributed by atoms with Crippen LogP contribution in [-0.4, -0.2) is 48.1 Å². The van der Waals surface area contributed by atoms with E-state index in [0.29, 0.717) is 5.92 Å². The molecule has 0 fully saturated rings. The Morgan fingerprint density at radius 3 is 2.32 bits per heavy atom. The second-order valence-electron chi connectivity index (χ2n) is 4.85. The number of hydrogen-bond donors (Lipinski definition) is 2. The Kier molecular flexibility index (Phi) is 6.56. The fraction of sp³-hybridized carbons (Fsp3) is 0.714. The van der Waals surface area contributed by atoms with Gasteiger partial charge in [0.2, 0.25) is 0 Å². The van der Waals surface area contributed by atoms with Crippen LogP contribution in [0, 0.1) is 0 Å². The predicted octanol–water partition coefficient (Wildman–Crippen LogP) is 2.40. The Bertz CT molecular complexity index is 374. The Hall–Kier alpha value is -1.36. The molecule has 1 heterocycles.